The van der Waals surface area contributed by atoms with Crippen molar-refractivity contribution in [2.75, 3.05) is 20.3 Å². The molecule has 0 radical (unpaired) electrons. The highest BCUT2D eigenvalue weighted by Gasteiger charge is 2.32. The molecule has 1 aromatic carbocycles. The van der Waals surface area contributed by atoms with Gasteiger partial charge in [0.25, 0.3) is 0 Å². The highest BCUT2D eigenvalue weighted by molar-refractivity contribution is 6.35. The molecule has 0 spiro atoms. The van der Waals surface area contributed by atoms with Crippen molar-refractivity contribution in [1.82, 2.24) is 14.9 Å². The zero-order valence-corrected chi connectivity index (χ0v) is 11.2. The van der Waals surface area contributed by atoms with Crippen LogP contribution in [0.2, 0.25) is 5.02 Å². The molecule has 3 rings (SSSR count). The summed E-state index contributed by atoms with van der Waals surface area (Å²) in [6.45, 7) is 1.44. The number of rotatable bonds is 2. The quantitative estimate of drug-likeness (QED) is 0.902. The van der Waals surface area contributed by atoms with Crippen LogP contribution in [-0.4, -0.2) is 35.9 Å². The van der Waals surface area contributed by atoms with E-state index in [4.69, 9.17) is 21.3 Å². The van der Waals surface area contributed by atoms with Crippen LogP contribution in [0.5, 0.6) is 0 Å². The number of aryl methyl sites for hydroxylation is 1. The van der Waals surface area contributed by atoms with Gasteiger partial charge in [0.05, 0.1) is 35.2 Å². The van der Waals surface area contributed by atoms with E-state index >= 15 is 0 Å². The summed E-state index contributed by atoms with van der Waals surface area (Å²) >= 11 is 6.24. The predicted molar refractivity (Wildman–Crippen MR) is 72.1 cm³/mol. The molecule has 0 aliphatic carbocycles. The second kappa shape index (κ2) is 4.53. The molecule has 0 bridgehead atoms. The molecule has 1 saturated heterocycles. The SMILES string of the molecule is CNC1COCC1c1nc2cccc(Cl)c2n1C. The lowest BCUT2D eigenvalue weighted by molar-refractivity contribution is 0.188. The van der Waals surface area contributed by atoms with E-state index < -0.39 is 0 Å². The molecule has 2 atom stereocenters. The number of halogens is 1. The Balaban J connectivity index is 2.13. The van der Waals surface area contributed by atoms with E-state index in [9.17, 15) is 0 Å². The fourth-order valence-corrected chi connectivity index (χ4v) is 2.96. The maximum Gasteiger partial charge on any atom is 0.116 e. The van der Waals surface area contributed by atoms with Crippen molar-refractivity contribution in [1.29, 1.82) is 0 Å². The van der Waals surface area contributed by atoms with E-state index in [1.165, 1.54) is 0 Å². The normalized spacial score (nSPS) is 23.9. The maximum atomic E-state index is 6.24. The zero-order chi connectivity index (χ0) is 12.7. The van der Waals surface area contributed by atoms with Crippen LogP contribution in [0.1, 0.15) is 11.7 Å². The second-order valence-electron chi connectivity index (χ2n) is 4.68. The van der Waals surface area contributed by atoms with Crippen LogP contribution in [0.15, 0.2) is 18.2 Å². The molecule has 1 aliphatic rings. The number of fused-ring (bicyclic) bond motifs is 1. The van der Waals surface area contributed by atoms with Crippen molar-refractivity contribution in [3.8, 4) is 0 Å². The number of para-hydroxylation sites is 1. The van der Waals surface area contributed by atoms with Crippen molar-refractivity contribution >= 4 is 22.6 Å². The Morgan fingerprint density at radius 2 is 2.28 bits per heavy atom. The molecule has 96 valence electrons. The molecule has 1 N–H and O–H groups in total. The first-order valence-electron chi connectivity index (χ1n) is 6.08. The lowest BCUT2D eigenvalue weighted by Gasteiger charge is -2.16. The summed E-state index contributed by atoms with van der Waals surface area (Å²) in [5.41, 5.74) is 1.94. The number of aromatic nitrogens is 2. The topological polar surface area (TPSA) is 39.1 Å². The summed E-state index contributed by atoms with van der Waals surface area (Å²) in [6, 6.07) is 6.15. The molecule has 1 fully saturated rings. The number of hydrogen-bond donors (Lipinski definition) is 1. The second-order valence-corrected chi connectivity index (χ2v) is 5.08. The van der Waals surface area contributed by atoms with Gasteiger partial charge in [0.15, 0.2) is 0 Å². The molecule has 5 heteroatoms. The van der Waals surface area contributed by atoms with Crippen molar-refractivity contribution < 1.29 is 4.74 Å². The van der Waals surface area contributed by atoms with Crippen LogP contribution >= 0.6 is 11.6 Å². The Kier molecular flexibility index (Phi) is 3.01. The number of ether oxygens (including phenoxy) is 1. The standard InChI is InChI=1S/C13H16ClN3O/c1-15-11-7-18-6-8(11)13-16-10-5-3-4-9(14)12(10)17(13)2/h3-5,8,11,15H,6-7H2,1-2H3. The van der Waals surface area contributed by atoms with Crippen molar-refractivity contribution in [3.05, 3.63) is 29.0 Å². The van der Waals surface area contributed by atoms with Crippen LogP contribution in [0, 0.1) is 0 Å². The van der Waals surface area contributed by atoms with Crippen molar-refractivity contribution in [2.45, 2.75) is 12.0 Å². The van der Waals surface area contributed by atoms with Gasteiger partial charge in [0, 0.05) is 13.1 Å². The highest BCUT2D eigenvalue weighted by atomic mass is 35.5. The Bertz CT molecular complexity index is 581. The Labute approximate surface area is 111 Å². The fourth-order valence-electron chi connectivity index (χ4n) is 2.66. The van der Waals surface area contributed by atoms with E-state index in [-0.39, 0.29) is 5.92 Å². The third kappa shape index (κ3) is 1.72. The molecule has 1 aliphatic heterocycles. The summed E-state index contributed by atoms with van der Waals surface area (Å²) in [6.07, 6.45) is 0. The largest absolute Gasteiger partial charge is 0.379 e. The first-order chi connectivity index (χ1) is 8.72. The minimum absolute atomic E-state index is 0.281. The number of imidazole rings is 1. The first-order valence-corrected chi connectivity index (χ1v) is 6.46. The minimum Gasteiger partial charge on any atom is -0.379 e. The average molecular weight is 266 g/mol. The summed E-state index contributed by atoms with van der Waals surface area (Å²) < 4.78 is 7.63. The van der Waals surface area contributed by atoms with Gasteiger partial charge in [-0.15, -0.1) is 0 Å². The third-order valence-electron chi connectivity index (χ3n) is 3.66. The van der Waals surface area contributed by atoms with E-state index in [0.29, 0.717) is 12.6 Å². The smallest absolute Gasteiger partial charge is 0.116 e. The minimum atomic E-state index is 0.281. The Morgan fingerprint density at radius 3 is 3.00 bits per heavy atom. The Morgan fingerprint density at radius 1 is 1.44 bits per heavy atom. The third-order valence-corrected chi connectivity index (χ3v) is 3.97. The summed E-state index contributed by atoms with van der Waals surface area (Å²) in [5, 5.41) is 4.03. The summed E-state index contributed by atoms with van der Waals surface area (Å²) in [4.78, 5) is 4.71. The van der Waals surface area contributed by atoms with E-state index in [0.717, 1.165) is 28.5 Å². The molecular weight excluding hydrogens is 250 g/mol. The molecule has 0 amide bonds. The van der Waals surface area contributed by atoms with Gasteiger partial charge in [-0.05, 0) is 19.2 Å². The maximum absolute atomic E-state index is 6.24. The molecule has 2 aromatic rings. The van der Waals surface area contributed by atoms with Gasteiger partial charge in [0.2, 0.25) is 0 Å². The van der Waals surface area contributed by atoms with Gasteiger partial charge in [-0.3, -0.25) is 0 Å². The molecule has 2 heterocycles. The lowest BCUT2D eigenvalue weighted by Crippen LogP contribution is -2.32. The molecule has 1 aromatic heterocycles. The first kappa shape index (κ1) is 12.0. The summed E-state index contributed by atoms with van der Waals surface area (Å²) in [7, 11) is 3.98. The van der Waals surface area contributed by atoms with Crippen LogP contribution in [0.25, 0.3) is 11.0 Å². The Hall–Kier alpha value is -1.10. The molecule has 4 nitrogen and oxygen atoms in total. The van der Waals surface area contributed by atoms with Gasteiger partial charge in [-0.25, -0.2) is 4.98 Å². The van der Waals surface area contributed by atoms with E-state index in [1.807, 2.05) is 32.3 Å². The molecule has 2 unspecified atom stereocenters. The number of hydrogen-bond acceptors (Lipinski definition) is 3. The van der Waals surface area contributed by atoms with Crippen LogP contribution < -0.4 is 5.32 Å². The van der Waals surface area contributed by atoms with Gasteiger partial charge in [0.1, 0.15) is 5.82 Å². The fraction of sp³-hybridized carbons (Fsp3) is 0.462. The number of benzene rings is 1. The molecule has 0 saturated carbocycles. The van der Waals surface area contributed by atoms with Crippen LogP contribution in [-0.2, 0) is 11.8 Å². The van der Waals surface area contributed by atoms with Crippen molar-refractivity contribution in [2.24, 2.45) is 7.05 Å². The number of nitrogens with one attached hydrogen (secondary N) is 1. The van der Waals surface area contributed by atoms with Gasteiger partial charge in [-0.1, -0.05) is 17.7 Å². The van der Waals surface area contributed by atoms with E-state index in [1.54, 1.807) is 0 Å². The highest BCUT2D eigenvalue weighted by Crippen LogP contribution is 2.30. The predicted octanol–water partition coefficient (Wildman–Crippen LogP) is 1.93. The molecule has 18 heavy (non-hydrogen) atoms. The van der Waals surface area contributed by atoms with Gasteiger partial charge in [-0.2, -0.15) is 0 Å². The average Bonchev–Trinajstić information content (AvgIpc) is 2.94. The van der Waals surface area contributed by atoms with Crippen LogP contribution in [0.4, 0.5) is 0 Å². The molecular formula is C13H16ClN3O. The lowest BCUT2D eigenvalue weighted by atomic mass is 10.0. The zero-order valence-electron chi connectivity index (χ0n) is 10.5. The van der Waals surface area contributed by atoms with E-state index in [2.05, 4.69) is 9.88 Å². The van der Waals surface area contributed by atoms with Crippen LogP contribution in [0.3, 0.4) is 0 Å². The number of nitrogens with zero attached hydrogens (tertiary/aromatic N) is 2. The monoisotopic (exact) mass is 265 g/mol. The summed E-state index contributed by atoms with van der Waals surface area (Å²) in [5.74, 6) is 1.32. The van der Waals surface area contributed by atoms with Gasteiger partial charge < -0.3 is 14.6 Å². The van der Waals surface area contributed by atoms with Crippen molar-refractivity contribution in [3.63, 3.8) is 0 Å². The number of likely N-dealkylation sites (N-methyl/N-ethyl adjacent to an activating group) is 1. The van der Waals surface area contributed by atoms with Gasteiger partial charge >= 0.3 is 0 Å².